The number of nitrogen functional groups attached to an aromatic ring is 1. The van der Waals surface area contributed by atoms with Crippen molar-refractivity contribution < 1.29 is 24.2 Å². The summed E-state index contributed by atoms with van der Waals surface area (Å²) in [4.78, 5) is 25.1. The van der Waals surface area contributed by atoms with Crippen LogP contribution in [-0.2, 0) is 9.53 Å². The van der Waals surface area contributed by atoms with E-state index in [-0.39, 0.29) is 11.7 Å². The molecule has 0 radical (unpaired) electrons. The van der Waals surface area contributed by atoms with Gasteiger partial charge in [-0.2, -0.15) is 0 Å². The monoisotopic (exact) mass is 475 g/mol. The molecule has 8 heteroatoms. The van der Waals surface area contributed by atoms with E-state index in [1.165, 1.54) is 19.3 Å². The minimum absolute atomic E-state index is 0.0916. The van der Waals surface area contributed by atoms with Gasteiger partial charge in [0, 0.05) is 11.6 Å². The molecule has 2 amide bonds. The van der Waals surface area contributed by atoms with Crippen molar-refractivity contribution in [2.45, 2.75) is 20.0 Å². The van der Waals surface area contributed by atoms with Gasteiger partial charge in [-0.1, -0.05) is 48.9 Å². The number of anilines is 3. The number of aromatic hydroxyl groups is 1. The maximum atomic E-state index is 12.7. The molecule has 0 unspecified atom stereocenters. The van der Waals surface area contributed by atoms with E-state index in [1.807, 2.05) is 19.1 Å². The lowest BCUT2D eigenvalue weighted by atomic mass is 9.96. The highest BCUT2D eigenvalue weighted by atomic mass is 16.6. The molecule has 0 saturated carbocycles. The standard InChI is InChI=1S/C27H29N3O5/c1-17-8-12-20(13-9-17)29-27(33)35-26(19-11-14-24(34-3)23(31)16-19)18(2)10-15-25(32)30-22-7-5-4-6-21(22)28/h4-16,18,26,31H,28H2,1-3H3,(H,29,33)(H,30,32)/b15-10+/t18-,26+/m1/s1. The lowest BCUT2D eigenvalue weighted by Gasteiger charge is -2.23. The number of carbonyl (C=O) groups excluding carboxylic acids is 2. The first-order chi connectivity index (χ1) is 16.8. The van der Waals surface area contributed by atoms with Gasteiger partial charge in [0.2, 0.25) is 5.91 Å². The third kappa shape index (κ3) is 7.01. The van der Waals surface area contributed by atoms with E-state index < -0.39 is 18.1 Å². The van der Waals surface area contributed by atoms with Gasteiger partial charge in [0.1, 0.15) is 6.10 Å². The molecule has 0 aliphatic rings. The van der Waals surface area contributed by atoms with Gasteiger partial charge in [0.05, 0.1) is 18.5 Å². The zero-order valence-electron chi connectivity index (χ0n) is 19.8. The van der Waals surface area contributed by atoms with Gasteiger partial charge in [-0.3, -0.25) is 10.1 Å². The number of methoxy groups -OCH3 is 1. The molecule has 8 nitrogen and oxygen atoms in total. The SMILES string of the molecule is COc1ccc([C@@H](OC(=O)Nc2ccc(C)cc2)[C@H](C)/C=C/C(=O)Nc2ccccc2N)cc1O. The van der Waals surface area contributed by atoms with Gasteiger partial charge in [-0.25, -0.2) is 4.79 Å². The third-order valence-electron chi connectivity index (χ3n) is 5.31. The van der Waals surface area contributed by atoms with Crippen LogP contribution in [-0.4, -0.2) is 24.2 Å². The van der Waals surface area contributed by atoms with Crippen LogP contribution < -0.4 is 21.1 Å². The van der Waals surface area contributed by atoms with Gasteiger partial charge < -0.3 is 25.6 Å². The molecule has 5 N–H and O–H groups in total. The first kappa shape index (κ1) is 25.2. The molecule has 0 spiro atoms. The predicted octanol–water partition coefficient (Wildman–Crippen LogP) is 5.41. The largest absolute Gasteiger partial charge is 0.504 e. The quantitative estimate of drug-likeness (QED) is 0.255. The molecule has 0 heterocycles. The van der Waals surface area contributed by atoms with Crippen LogP contribution >= 0.6 is 0 Å². The molecule has 35 heavy (non-hydrogen) atoms. The second kappa shape index (κ2) is 11.6. The van der Waals surface area contributed by atoms with Crippen LogP contribution in [0.15, 0.2) is 78.9 Å². The lowest BCUT2D eigenvalue weighted by Crippen LogP contribution is -2.21. The zero-order chi connectivity index (χ0) is 25.4. The van der Waals surface area contributed by atoms with Crippen molar-refractivity contribution in [1.29, 1.82) is 0 Å². The van der Waals surface area contributed by atoms with Gasteiger partial charge >= 0.3 is 6.09 Å². The molecule has 0 bridgehead atoms. The molecule has 182 valence electrons. The molecule has 0 aliphatic heterocycles. The Balaban J connectivity index is 1.78. The summed E-state index contributed by atoms with van der Waals surface area (Å²) in [6.07, 6.45) is 1.51. The van der Waals surface area contributed by atoms with Crippen LogP contribution in [0.3, 0.4) is 0 Å². The summed E-state index contributed by atoms with van der Waals surface area (Å²) in [6.45, 7) is 3.75. The van der Waals surface area contributed by atoms with Gasteiger partial charge in [0.15, 0.2) is 11.5 Å². The molecule has 3 aromatic carbocycles. The summed E-state index contributed by atoms with van der Waals surface area (Å²) >= 11 is 0. The van der Waals surface area contributed by atoms with E-state index >= 15 is 0 Å². The lowest BCUT2D eigenvalue weighted by molar-refractivity contribution is -0.111. The first-order valence-corrected chi connectivity index (χ1v) is 11.0. The summed E-state index contributed by atoms with van der Waals surface area (Å²) in [7, 11) is 1.45. The molecular weight excluding hydrogens is 446 g/mol. The fourth-order valence-electron chi connectivity index (χ4n) is 3.39. The van der Waals surface area contributed by atoms with Crippen molar-refractivity contribution in [3.63, 3.8) is 0 Å². The topological polar surface area (TPSA) is 123 Å². The average molecular weight is 476 g/mol. The minimum Gasteiger partial charge on any atom is -0.504 e. The Bertz CT molecular complexity index is 1210. The number of phenolic OH excluding ortho intramolecular Hbond substituents is 1. The van der Waals surface area contributed by atoms with Crippen LogP contribution in [0.1, 0.15) is 24.2 Å². The molecule has 3 aromatic rings. The van der Waals surface area contributed by atoms with E-state index in [0.717, 1.165) is 5.56 Å². The summed E-state index contributed by atoms with van der Waals surface area (Å²) in [5.41, 5.74) is 9.00. The number of carbonyl (C=O) groups is 2. The second-order valence-electron chi connectivity index (χ2n) is 8.04. The number of para-hydroxylation sites is 2. The summed E-state index contributed by atoms with van der Waals surface area (Å²) in [5.74, 6) is -0.605. The van der Waals surface area contributed by atoms with Gasteiger partial charge in [0.25, 0.3) is 0 Å². The molecule has 0 saturated heterocycles. The smallest absolute Gasteiger partial charge is 0.412 e. The average Bonchev–Trinajstić information content (AvgIpc) is 2.84. The van der Waals surface area contributed by atoms with Crippen LogP contribution in [0.5, 0.6) is 11.5 Å². The number of hydrogen-bond donors (Lipinski definition) is 4. The van der Waals surface area contributed by atoms with Gasteiger partial charge in [-0.15, -0.1) is 0 Å². The van der Waals surface area contributed by atoms with Crippen LogP contribution in [0.2, 0.25) is 0 Å². The summed E-state index contributed by atoms with van der Waals surface area (Å²) in [5, 5.41) is 15.7. The van der Waals surface area contributed by atoms with Crippen molar-refractivity contribution in [1.82, 2.24) is 0 Å². The molecular formula is C27H29N3O5. The number of amides is 2. The Hall–Kier alpha value is -4.46. The number of ether oxygens (including phenoxy) is 2. The van der Waals surface area contributed by atoms with Crippen molar-refractivity contribution in [3.05, 3.63) is 90.0 Å². The molecule has 3 rings (SSSR count). The summed E-state index contributed by atoms with van der Waals surface area (Å²) < 4.78 is 10.8. The number of nitrogens with two attached hydrogens (primary N) is 1. The highest BCUT2D eigenvalue weighted by Gasteiger charge is 2.24. The fourth-order valence-corrected chi connectivity index (χ4v) is 3.39. The Kier molecular flexibility index (Phi) is 8.34. The third-order valence-corrected chi connectivity index (χ3v) is 5.31. The van der Waals surface area contributed by atoms with E-state index in [4.69, 9.17) is 15.2 Å². The van der Waals surface area contributed by atoms with Gasteiger partial charge in [-0.05, 0) is 55.0 Å². The number of nitrogens with one attached hydrogen (secondary N) is 2. The van der Waals surface area contributed by atoms with E-state index in [2.05, 4.69) is 10.6 Å². The first-order valence-electron chi connectivity index (χ1n) is 11.0. The summed E-state index contributed by atoms with van der Waals surface area (Å²) in [6, 6.07) is 19.0. The number of rotatable bonds is 8. The van der Waals surface area contributed by atoms with Crippen LogP contribution in [0.25, 0.3) is 0 Å². The highest BCUT2D eigenvalue weighted by molar-refractivity contribution is 6.01. The number of aryl methyl sites for hydroxylation is 1. The zero-order valence-corrected chi connectivity index (χ0v) is 19.8. The van der Waals surface area contributed by atoms with Crippen molar-refractivity contribution in [3.8, 4) is 11.5 Å². The predicted molar refractivity (Wildman–Crippen MR) is 136 cm³/mol. The van der Waals surface area contributed by atoms with E-state index in [9.17, 15) is 14.7 Å². The normalized spacial score (nSPS) is 12.5. The molecule has 0 aliphatic carbocycles. The van der Waals surface area contributed by atoms with Crippen molar-refractivity contribution in [2.75, 3.05) is 23.5 Å². The Morgan fingerprint density at radius 2 is 1.74 bits per heavy atom. The Morgan fingerprint density at radius 3 is 2.40 bits per heavy atom. The number of hydrogen-bond acceptors (Lipinski definition) is 6. The van der Waals surface area contributed by atoms with Crippen LogP contribution in [0.4, 0.5) is 21.9 Å². The molecule has 0 fully saturated rings. The van der Waals surface area contributed by atoms with Crippen LogP contribution in [0, 0.1) is 12.8 Å². The number of benzene rings is 3. The highest BCUT2D eigenvalue weighted by Crippen LogP contribution is 2.34. The molecule has 2 atom stereocenters. The minimum atomic E-state index is -0.803. The fraction of sp³-hybridized carbons (Fsp3) is 0.185. The maximum Gasteiger partial charge on any atom is 0.412 e. The Morgan fingerprint density at radius 1 is 1.03 bits per heavy atom. The van der Waals surface area contributed by atoms with Crippen molar-refractivity contribution in [2.24, 2.45) is 5.92 Å². The maximum absolute atomic E-state index is 12.7. The second-order valence-corrected chi connectivity index (χ2v) is 8.04. The number of phenols is 1. The Labute approximate surface area is 204 Å². The van der Waals surface area contributed by atoms with E-state index in [0.29, 0.717) is 28.4 Å². The van der Waals surface area contributed by atoms with E-state index in [1.54, 1.807) is 61.5 Å². The van der Waals surface area contributed by atoms with Crippen molar-refractivity contribution >= 4 is 29.1 Å². The molecule has 0 aromatic heterocycles.